The predicted molar refractivity (Wildman–Crippen MR) is 76.6 cm³/mol. The molecule has 0 spiro atoms. The Morgan fingerprint density at radius 1 is 1.35 bits per heavy atom. The zero-order chi connectivity index (χ0) is 12.1. The fourth-order valence-corrected chi connectivity index (χ4v) is 3.06. The smallest absolute Gasteiger partial charge is 0.00955 e. The molecule has 0 amide bonds. The van der Waals surface area contributed by atoms with Crippen molar-refractivity contribution in [3.63, 3.8) is 0 Å². The van der Waals surface area contributed by atoms with Gasteiger partial charge in [-0.3, -0.25) is 0 Å². The fraction of sp³-hybridized carbons (Fsp3) is 0.733. The van der Waals surface area contributed by atoms with E-state index in [9.17, 15) is 0 Å². The van der Waals surface area contributed by atoms with E-state index >= 15 is 0 Å². The zero-order valence-electron chi connectivity index (χ0n) is 11.1. The molecule has 1 aliphatic rings. The maximum atomic E-state index is 3.78. The van der Waals surface area contributed by atoms with Gasteiger partial charge in [0.25, 0.3) is 0 Å². The minimum absolute atomic E-state index is 0.789. The van der Waals surface area contributed by atoms with Gasteiger partial charge in [0.05, 0.1) is 0 Å². The van der Waals surface area contributed by atoms with Crippen molar-refractivity contribution in [1.29, 1.82) is 0 Å². The van der Waals surface area contributed by atoms with Crippen LogP contribution in [0.15, 0.2) is 17.5 Å². The highest BCUT2D eigenvalue weighted by Gasteiger charge is 2.30. The van der Waals surface area contributed by atoms with Crippen molar-refractivity contribution in [2.45, 2.75) is 52.0 Å². The van der Waals surface area contributed by atoms with Crippen molar-refractivity contribution < 1.29 is 0 Å². The molecule has 2 rings (SSSR count). The normalized spacial score (nSPS) is 17.6. The number of thiophene rings is 1. The van der Waals surface area contributed by atoms with Crippen molar-refractivity contribution in [1.82, 2.24) is 5.32 Å². The maximum Gasteiger partial charge on any atom is 0.00955 e. The quantitative estimate of drug-likeness (QED) is 0.733. The van der Waals surface area contributed by atoms with E-state index in [1.807, 2.05) is 11.3 Å². The monoisotopic (exact) mass is 251 g/mol. The molecule has 1 nitrogen and oxygen atoms in total. The molecule has 1 aromatic rings. The van der Waals surface area contributed by atoms with Crippen LogP contribution in [-0.2, 0) is 6.42 Å². The summed E-state index contributed by atoms with van der Waals surface area (Å²) in [5.41, 5.74) is 0. The lowest BCUT2D eigenvalue weighted by atomic mass is 10.0. The van der Waals surface area contributed by atoms with Crippen molar-refractivity contribution in [3.8, 4) is 0 Å². The standard InChI is InChI=1S/C15H25NS/c1-12(2)5-8-15(13-6-7-13)16-10-9-14-4-3-11-17-14/h3-4,11-13,15-16H,5-10H2,1-2H3. The molecule has 1 heterocycles. The third-order valence-corrected chi connectivity index (χ3v) is 4.54. The van der Waals surface area contributed by atoms with E-state index in [0.29, 0.717) is 0 Å². The molecule has 1 aliphatic carbocycles. The van der Waals surface area contributed by atoms with E-state index < -0.39 is 0 Å². The van der Waals surface area contributed by atoms with Gasteiger partial charge in [-0.15, -0.1) is 11.3 Å². The molecule has 0 saturated heterocycles. The molecule has 1 N–H and O–H groups in total. The molecule has 1 fully saturated rings. The first-order valence-electron chi connectivity index (χ1n) is 7.01. The summed E-state index contributed by atoms with van der Waals surface area (Å²) in [5.74, 6) is 1.83. The van der Waals surface area contributed by atoms with Crippen molar-refractivity contribution >= 4 is 11.3 Å². The van der Waals surface area contributed by atoms with Crippen LogP contribution in [0, 0.1) is 11.8 Å². The van der Waals surface area contributed by atoms with Gasteiger partial charge in [-0.1, -0.05) is 19.9 Å². The maximum absolute atomic E-state index is 3.78. The van der Waals surface area contributed by atoms with Crippen LogP contribution in [0.25, 0.3) is 0 Å². The van der Waals surface area contributed by atoms with Gasteiger partial charge in [-0.25, -0.2) is 0 Å². The van der Waals surface area contributed by atoms with Gasteiger partial charge in [0.2, 0.25) is 0 Å². The number of hydrogen-bond acceptors (Lipinski definition) is 2. The van der Waals surface area contributed by atoms with Gasteiger partial charge in [-0.2, -0.15) is 0 Å². The molecule has 1 aromatic heterocycles. The van der Waals surface area contributed by atoms with Gasteiger partial charge < -0.3 is 5.32 Å². The Labute approximate surface area is 110 Å². The molecule has 0 aliphatic heterocycles. The molecule has 1 atom stereocenters. The van der Waals surface area contributed by atoms with Gasteiger partial charge in [0.1, 0.15) is 0 Å². The summed E-state index contributed by atoms with van der Waals surface area (Å²) < 4.78 is 0. The van der Waals surface area contributed by atoms with Crippen LogP contribution in [-0.4, -0.2) is 12.6 Å². The largest absolute Gasteiger partial charge is 0.313 e. The molecule has 1 unspecified atom stereocenters. The van der Waals surface area contributed by atoms with E-state index in [2.05, 4.69) is 36.7 Å². The first-order valence-corrected chi connectivity index (χ1v) is 7.89. The second-order valence-electron chi connectivity index (χ2n) is 5.70. The highest BCUT2D eigenvalue weighted by Crippen LogP contribution is 2.35. The van der Waals surface area contributed by atoms with E-state index in [1.165, 1.54) is 37.0 Å². The second-order valence-corrected chi connectivity index (χ2v) is 6.73. The third-order valence-electron chi connectivity index (χ3n) is 3.60. The van der Waals surface area contributed by atoms with Crippen LogP contribution in [0.3, 0.4) is 0 Å². The first-order chi connectivity index (χ1) is 8.25. The van der Waals surface area contributed by atoms with E-state index in [1.54, 1.807) is 0 Å². The Bertz CT molecular complexity index is 301. The number of hydrogen-bond donors (Lipinski definition) is 1. The number of rotatable bonds is 8. The summed E-state index contributed by atoms with van der Waals surface area (Å²) in [6.45, 7) is 5.81. The van der Waals surface area contributed by atoms with Crippen molar-refractivity contribution in [2.75, 3.05) is 6.54 Å². The summed E-state index contributed by atoms with van der Waals surface area (Å²) in [5, 5.41) is 5.96. The fourth-order valence-electron chi connectivity index (χ4n) is 2.35. The Morgan fingerprint density at radius 2 is 2.18 bits per heavy atom. The average Bonchev–Trinajstić information content (AvgIpc) is 3.00. The predicted octanol–water partition coefficient (Wildman–Crippen LogP) is 4.10. The first kappa shape index (κ1) is 13.1. The van der Waals surface area contributed by atoms with Crippen LogP contribution >= 0.6 is 11.3 Å². The van der Waals surface area contributed by atoms with Gasteiger partial charge >= 0.3 is 0 Å². The highest BCUT2D eigenvalue weighted by atomic mass is 32.1. The Morgan fingerprint density at radius 3 is 2.76 bits per heavy atom. The minimum atomic E-state index is 0.789. The van der Waals surface area contributed by atoms with E-state index in [0.717, 1.165) is 24.4 Å². The SMILES string of the molecule is CC(C)CCC(NCCc1cccs1)C1CC1. The molecule has 96 valence electrons. The number of nitrogens with one attached hydrogen (secondary N) is 1. The van der Waals surface area contributed by atoms with Gasteiger partial charge in [-0.05, 0) is 55.4 Å². The van der Waals surface area contributed by atoms with Gasteiger partial charge in [0, 0.05) is 17.5 Å². The molecule has 0 aromatic carbocycles. The Balaban J connectivity index is 1.66. The molecule has 1 saturated carbocycles. The van der Waals surface area contributed by atoms with Crippen LogP contribution in [0.1, 0.15) is 44.4 Å². The van der Waals surface area contributed by atoms with Crippen molar-refractivity contribution in [2.24, 2.45) is 11.8 Å². The van der Waals surface area contributed by atoms with Crippen LogP contribution in [0.4, 0.5) is 0 Å². The highest BCUT2D eigenvalue weighted by molar-refractivity contribution is 7.09. The Hall–Kier alpha value is -0.340. The molecule has 0 radical (unpaired) electrons. The topological polar surface area (TPSA) is 12.0 Å². The molecular weight excluding hydrogens is 226 g/mol. The van der Waals surface area contributed by atoms with Crippen LogP contribution < -0.4 is 5.32 Å². The lowest BCUT2D eigenvalue weighted by Gasteiger charge is -2.19. The minimum Gasteiger partial charge on any atom is -0.313 e. The van der Waals surface area contributed by atoms with Crippen molar-refractivity contribution in [3.05, 3.63) is 22.4 Å². The van der Waals surface area contributed by atoms with E-state index in [4.69, 9.17) is 0 Å². The zero-order valence-corrected chi connectivity index (χ0v) is 11.9. The molecule has 2 heteroatoms. The third kappa shape index (κ3) is 4.81. The summed E-state index contributed by atoms with van der Waals surface area (Å²) in [6.07, 6.45) is 6.84. The lowest BCUT2D eigenvalue weighted by molar-refractivity contribution is 0.398. The Kier molecular flexibility index (Phi) is 5.05. The molecule has 0 bridgehead atoms. The molecular formula is C15H25NS. The average molecular weight is 251 g/mol. The summed E-state index contributed by atoms with van der Waals surface area (Å²) in [6, 6.07) is 5.18. The van der Waals surface area contributed by atoms with Crippen LogP contribution in [0.5, 0.6) is 0 Å². The van der Waals surface area contributed by atoms with Crippen LogP contribution in [0.2, 0.25) is 0 Å². The summed E-state index contributed by atoms with van der Waals surface area (Å²) in [7, 11) is 0. The molecule has 17 heavy (non-hydrogen) atoms. The van der Waals surface area contributed by atoms with E-state index in [-0.39, 0.29) is 0 Å². The van der Waals surface area contributed by atoms with Gasteiger partial charge in [0.15, 0.2) is 0 Å². The summed E-state index contributed by atoms with van der Waals surface area (Å²) >= 11 is 1.88. The summed E-state index contributed by atoms with van der Waals surface area (Å²) in [4.78, 5) is 1.51. The lowest BCUT2D eigenvalue weighted by Crippen LogP contribution is -2.33. The second kappa shape index (κ2) is 6.55.